The van der Waals surface area contributed by atoms with E-state index in [1.807, 2.05) is 13.0 Å². The number of hydrogen-bond acceptors (Lipinski definition) is 6. The van der Waals surface area contributed by atoms with E-state index in [4.69, 9.17) is 4.98 Å². The van der Waals surface area contributed by atoms with Gasteiger partial charge in [-0.3, -0.25) is 18.8 Å². The highest BCUT2D eigenvalue weighted by atomic mass is 32.2. The number of aromatic nitrogens is 4. The van der Waals surface area contributed by atoms with Crippen molar-refractivity contribution in [3.63, 3.8) is 0 Å². The van der Waals surface area contributed by atoms with E-state index in [1.54, 1.807) is 27.6 Å². The molecule has 0 aromatic carbocycles. The Kier molecular flexibility index (Phi) is 6.81. The molecule has 0 spiro atoms. The molecule has 9 heteroatoms. The fraction of sp³-hybridized carbons (Fsp3) is 0.545. The lowest BCUT2D eigenvalue weighted by Crippen LogP contribution is -2.24. The number of aryl methyl sites for hydroxylation is 4. The standard InChI is InChI=1S/C22H29N5O2S2/c1-4-5-6-7-11-27-21(29)19-15-9-8-10-16(15)31-20(19)24-22(27)30-13-18(28)23-17-12-14(2)25-26(17)3/h12H,4-11,13H2,1-3H3,(H,23,28). The van der Waals surface area contributed by atoms with Gasteiger partial charge >= 0.3 is 0 Å². The number of nitrogens with one attached hydrogen (secondary N) is 1. The van der Waals surface area contributed by atoms with E-state index in [2.05, 4.69) is 17.3 Å². The highest BCUT2D eigenvalue weighted by Gasteiger charge is 2.23. The summed E-state index contributed by atoms with van der Waals surface area (Å²) >= 11 is 2.98. The monoisotopic (exact) mass is 459 g/mol. The van der Waals surface area contributed by atoms with Crippen molar-refractivity contribution in [1.29, 1.82) is 0 Å². The number of unbranched alkanes of at least 4 members (excludes halogenated alkanes) is 3. The molecule has 31 heavy (non-hydrogen) atoms. The Morgan fingerprint density at radius 3 is 2.87 bits per heavy atom. The normalized spacial score (nSPS) is 13.1. The van der Waals surface area contributed by atoms with E-state index in [1.165, 1.54) is 22.2 Å². The average Bonchev–Trinajstić information content (AvgIpc) is 3.39. The fourth-order valence-corrected chi connectivity index (χ4v) is 6.23. The van der Waals surface area contributed by atoms with Crippen molar-refractivity contribution < 1.29 is 4.79 Å². The first-order valence-electron chi connectivity index (χ1n) is 11.0. The molecule has 3 aromatic rings. The van der Waals surface area contributed by atoms with Gasteiger partial charge in [-0.1, -0.05) is 37.9 Å². The lowest BCUT2D eigenvalue weighted by atomic mass is 10.2. The summed E-state index contributed by atoms with van der Waals surface area (Å²) in [5.74, 6) is 0.731. The third-order valence-electron chi connectivity index (χ3n) is 5.63. The predicted octanol–water partition coefficient (Wildman–Crippen LogP) is 4.30. The molecule has 0 atom stereocenters. The molecule has 7 nitrogen and oxygen atoms in total. The van der Waals surface area contributed by atoms with Crippen LogP contribution in [0.25, 0.3) is 10.2 Å². The van der Waals surface area contributed by atoms with Crippen LogP contribution in [0.4, 0.5) is 5.82 Å². The first kappa shape index (κ1) is 22.1. The largest absolute Gasteiger partial charge is 0.310 e. The van der Waals surface area contributed by atoms with Crippen LogP contribution in [0.1, 0.15) is 55.2 Å². The van der Waals surface area contributed by atoms with E-state index in [0.717, 1.165) is 60.9 Å². The number of carbonyl (C=O) groups is 1. The van der Waals surface area contributed by atoms with Crippen LogP contribution in [0.2, 0.25) is 0 Å². The molecule has 1 N–H and O–H groups in total. The minimum Gasteiger partial charge on any atom is -0.310 e. The third kappa shape index (κ3) is 4.72. The van der Waals surface area contributed by atoms with Gasteiger partial charge in [0.25, 0.3) is 5.56 Å². The van der Waals surface area contributed by atoms with Crippen molar-refractivity contribution in [3.8, 4) is 0 Å². The number of rotatable bonds is 9. The quantitative estimate of drug-likeness (QED) is 0.293. The van der Waals surface area contributed by atoms with E-state index >= 15 is 0 Å². The summed E-state index contributed by atoms with van der Waals surface area (Å²) in [6, 6.07) is 1.84. The molecule has 0 saturated carbocycles. The Bertz CT molecular complexity index is 1160. The third-order valence-corrected chi connectivity index (χ3v) is 7.79. The molecule has 1 aliphatic carbocycles. The van der Waals surface area contributed by atoms with Gasteiger partial charge < -0.3 is 5.32 Å². The number of carbonyl (C=O) groups excluding carboxylic acids is 1. The summed E-state index contributed by atoms with van der Waals surface area (Å²) in [4.78, 5) is 32.9. The van der Waals surface area contributed by atoms with Gasteiger partial charge in [-0.25, -0.2) is 4.98 Å². The zero-order valence-corrected chi connectivity index (χ0v) is 20.0. The molecule has 3 aromatic heterocycles. The van der Waals surface area contributed by atoms with Gasteiger partial charge in [0.2, 0.25) is 5.91 Å². The Hall–Kier alpha value is -2.13. The highest BCUT2D eigenvalue weighted by Crippen LogP contribution is 2.35. The van der Waals surface area contributed by atoms with Crippen LogP contribution in [0.3, 0.4) is 0 Å². The predicted molar refractivity (Wildman–Crippen MR) is 127 cm³/mol. The van der Waals surface area contributed by atoms with E-state index in [-0.39, 0.29) is 17.2 Å². The molecule has 0 radical (unpaired) electrons. The number of nitrogens with zero attached hydrogens (tertiary/aromatic N) is 4. The summed E-state index contributed by atoms with van der Waals surface area (Å²) < 4.78 is 3.45. The summed E-state index contributed by atoms with van der Waals surface area (Å²) in [5.41, 5.74) is 2.12. The molecule has 3 heterocycles. The minimum absolute atomic E-state index is 0.0612. The summed E-state index contributed by atoms with van der Waals surface area (Å²) in [7, 11) is 1.80. The zero-order valence-electron chi connectivity index (χ0n) is 18.4. The first-order chi connectivity index (χ1) is 15.0. The molecule has 4 rings (SSSR count). The zero-order chi connectivity index (χ0) is 22.0. The van der Waals surface area contributed by atoms with Gasteiger partial charge in [0.1, 0.15) is 10.6 Å². The van der Waals surface area contributed by atoms with Gasteiger partial charge in [-0.15, -0.1) is 11.3 Å². The molecule has 1 amide bonds. The molecule has 166 valence electrons. The Labute approximate surface area is 190 Å². The Balaban J connectivity index is 1.56. The van der Waals surface area contributed by atoms with Crippen molar-refractivity contribution in [3.05, 3.63) is 32.6 Å². The van der Waals surface area contributed by atoms with Crippen molar-refractivity contribution in [2.75, 3.05) is 11.1 Å². The van der Waals surface area contributed by atoms with Crippen molar-refractivity contribution in [1.82, 2.24) is 19.3 Å². The SMILES string of the molecule is CCCCCCn1c(SCC(=O)Nc2cc(C)nn2C)nc2sc3c(c2c1=O)CCC3. The van der Waals surface area contributed by atoms with Crippen molar-refractivity contribution in [2.45, 2.75) is 70.5 Å². The second kappa shape index (κ2) is 9.56. The maximum atomic E-state index is 13.4. The summed E-state index contributed by atoms with van der Waals surface area (Å²) in [6.07, 6.45) is 7.49. The number of thiophene rings is 1. The van der Waals surface area contributed by atoms with Crippen LogP contribution < -0.4 is 10.9 Å². The van der Waals surface area contributed by atoms with Gasteiger partial charge in [-0.2, -0.15) is 5.10 Å². The number of hydrogen-bond donors (Lipinski definition) is 1. The van der Waals surface area contributed by atoms with Crippen LogP contribution in [-0.4, -0.2) is 31.0 Å². The van der Waals surface area contributed by atoms with Gasteiger partial charge in [0.15, 0.2) is 5.16 Å². The lowest BCUT2D eigenvalue weighted by molar-refractivity contribution is -0.113. The maximum absolute atomic E-state index is 13.4. The molecular formula is C22H29N5O2S2. The van der Waals surface area contributed by atoms with E-state index in [9.17, 15) is 9.59 Å². The van der Waals surface area contributed by atoms with Gasteiger partial charge in [0, 0.05) is 24.5 Å². The highest BCUT2D eigenvalue weighted by molar-refractivity contribution is 7.99. The topological polar surface area (TPSA) is 81.8 Å². The second-order valence-corrected chi connectivity index (χ2v) is 10.1. The molecule has 0 saturated heterocycles. The summed E-state index contributed by atoms with van der Waals surface area (Å²) in [6.45, 7) is 4.72. The lowest BCUT2D eigenvalue weighted by Gasteiger charge is -2.12. The van der Waals surface area contributed by atoms with Crippen LogP contribution in [0, 0.1) is 6.92 Å². The number of fused-ring (bicyclic) bond motifs is 3. The number of anilines is 1. The average molecular weight is 460 g/mol. The summed E-state index contributed by atoms with van der Waals surface area (Å²) in [5, 5.41) is 8.60. The molecule has 0 bridgehead atoms. The number of thioether (sulfide) groups is 1. The fourth-order valence-electron chi connectivity index (χ4n) is 4.10. The molecular weight excluding hydrogens is 430 g/mol. The minimum atomic E-state index is -0.131. The van der Waals surface area contributed by atoms with Crippen LogP contribution in [0.5, 0.6) is 0 Å². The first-order valence-corrected chi connectivity index (χ1v) is 12.8. The van der Waals surface area contributed by atoms with Crippen LogP contribution in [-0.2, 0) is 31.2 Å². The Morgan fingerprint density at radius 1 is 1.29 bits per heavy atom. The maximum Gasteiger partial charge on any atom is 0.263 e. The Morgan fingerprint density at radius 2 is 2.13 bits per heavy atom. The van der Waals surface area contributed by atoms with Crippen LogP contribution >= 0.6 is 23.1 Å². The van der Waals surface area contributed by atoms with Crippen molar-refractivity contribution in [2.24, 2.45) is 7.05 Å². The van der Waals surface area contributed by atoms with E-state index < -0.39 is 0 Å². The van der Waals surface area contributed by atoms with Crippen LogP contribution in [0.15, 0.2) is 16.0 Å². The van der Waals surface area contributed by atoms with Crippen molar-refractivity contribution >= 4 is 45.0 Å². The molecule has 0 aliphatic heterocycles. The number of amides is 1. The molecule has 1 aliphatic rings. The van der Waals surface area contributed by atoms with Gasteiger partial charge in [0.05, 0.1) is 16.8 Å². The van der Waals surface area contributed by atoms with Gasteiger partial charge in [-0.05, 0) is 38.2 Å². The van der Waals surface area contributed by atoms with E-state index in [0.29, 0.717) is 17.5 Å². The molecule has 0 fully saturated rings. The second-order valence-electron chi connectivity index (χ2n) is 8.08. The smallest absolute Gasteiger partial charge is 0.263 e. The molecule has 0 unspecified atom stereocenters.